The molecule has 2 N–H and O–H groups in total. The molecule has 0 aromatic rings. The number of aliphatic hydroxyl groups is 1. The second-order valence-electron chi connectivity index (χ2n) is 3.76. The highest BCUT2D eigenvalue weighted by Gasteiger charge is 2.40. The molecule has 0 radical (unpaired) electrons. The van der Waals surface area contributed by atoms with Crippen LogP contribution < -0.4 is 0 Å². The number of carboxylic acid groups (broad SMARTS) is 1. The molecule has 78 valence electrons. The van der Waals surface area contributed by atoms with Crippen LogP contribution in [0.5, 0.6) is 0 Å². The Labute approximate surface area is 78.5 Å². The van der Waals surface area contributed by atoms with Crippen molar-refractivity contribution in [1.29, 1.82) is 0 Å². The normalized spacial score (nSPS) is 18.3. The molecule has 0 aliphatic carbocycles. The summed E-state index contributed by atoms with van der Waals surface area (Å²) in [6, 6.07) is 0. The maximum Gasteiger partial charge on any atom is 0.335 e. The molecule has 2 atom stereocenters. The molecule has 0 saturated heterocycles. The van der Waals surface area contributed by atoms with Crippen LogP contribution in [0.1, 0.15) is 20.8 Å². The van der Waals surface area contributed by atoms with Gasteiger partial charge in [-0.15, -0.1) is 0 Å². The molecule has 0 fully saturated rings. The molecule has 4 nitrogen and oxygen atoms in total. The van der Waals surface area contributed by atoms with Crippen molar-refractivity contribution in [2.45, 2.75) is 26.4 Å². The minimum Gasteiger partial charge on any atom is -0.479 e. The average Bonchev–Trinajstić information content (AvgIpc) is 1.98. The third-order valence-electron chi connectivity index (χ3n) is 2.31. The van der Waals surface area contributed by atoms with Gasteiger partial charge in [-0.1, -0.05) is 13.8 Å². The van der Waals surface area contributed by atoms with Gasteiger partial charge in [0.25, 0.3) is 0 Å². The van der Waals surface area contributed by atoms with E-state index in [1.807, 2.05) is 13.8 Å². The number of ether oxygens (including phenoxy) is 1. The third kappa shape index (κ3) is 2.97. The Morgan fingerprint density at radius 1 is 1.54 bits per heavy atom. The largest absolute Gasteiger partial charge is 0.479 e. The number of carboxylic acids is 1. The molecular weight excluding hydrogens is 172 g/mol. The molecule has 0 aromatic carbocycles. The average molecular weight is 190 g/mol. The van der Waals surface area contributed by atoms with Gasteiger partial charge in [0.15, 0.2) is 5.60 Å². The number of rotatable bonds is 5. The molecule has 0 aliphatic rings. The van der Waals surface area contributed by atoms with Gasteiger partial charge in [0.1, 0.15) is 0 Å². The van der Waals surface area contributed by atoms with E-state index >= 15 is 0 Å². The number of aliphatic carboxylic acids is 1. The van der Waals surface area contributed by atoms with Gasteiger partial charge in [0.05, 0.1) is 6.61 Å². The van der Waals surface area contributed by atoms with Crippen molar-refractivity contribution in [2.75, 3.05) is 13.7 Å². The van der Waals surface area contributed by atoms with Crippen LogP contribution in [-0.2, 0) is 9.53 Å². The second-order valence-corrected chi connectivity index (χ2v) is 3.76. The topological polar surface area (TPSA) is 66.8 Å². The maximum atomic E-state index is 10.7. The lowest BCUT2D eigenvalue weighted by molar-refractivity contribution is -0.167. The minimum atomic E-state index is -1.72. The lowest BCUT2D eigenvalue weighted by Crippen LogP contribution is -2.47. The first kappa shape index (κ1) is 12.4. The number of hydrogen-bond donors (Lipinski definition) is 2. The molecule has 4 heteroatoms. The van der Waals surface area contributed by atoms with Gasteiger partial charge in [-0.2, -0.15) is 0 Å². The number of hydrogen-bond acceptors (Lipinski definition) is 3. The summed E-state index contributed by atoms with van der Waals surface area (Å²) in [6.45, 7) is 5.28. The summed E-state index contributed by atoms with van der Waals surface area (Å²) in [5, 5.41) is 18.5. The van der Waals surface area contributed by atoms with Crippen LogP contribution in [0.3, 0.4) is 0 Å². The van der Waals surface area contributed by atoms with E-state index < -0.39 is 17.5 Å². The predicted octanol–water partition coefficient (Wildman–Crippen LogP) is 0.741. The Kier molecular flexibility index (Phi) is 4.36. The molecule has 0 saturated carbocycles. The Morgan fingerprint density at radius 3 is 2.23 bits per heavy atom. The summed E-state index contributed by atoms with van der Waals surface area (Å²) < 4.78 is 4.88. The zero-order chi connectivity index (χ0) is 10.6. The summed E-state index contributed by atoms with van der Waals surface area (Å²) in [5.74, 6) is -1.54. The van der Waals surface area contributed by atoms with E-state index in [0.717, 1.165) is 0 Å². The smallest absolute Gasteiger partial charge is 0.335 e. The standard InChI is InChI=1S/C9H18O4/c1-6(2)7(5-13-4)9(3,12)8(10)11/h6-7,12H,5H2,1-4H3,(H,10,11). The Balaban J connectivity index is 4.61. The van der Waals surface area contributed by atoms with Gasteiger partial charge < -0.3 is 14.9 Å². The van der Waals surface area contributed by atoms with E-state index in [0.29, 0.717) is 0 Å². The highest BCUT2D eigenvalue weighted by Crippen LogP contribution is 2.25. The van der Waals surface area contributed by atoms with Crippen molar-refractivity contribution in [3.63, 3.8) is 0 Å². The molecule has 0 bridgehead atoms. The van der Waals surface area contributed by atoms with Crippen molar-refractivity contribution in [2.24, 2.45) is 11.8 Å². The van der Waals surface area contributed by atoms with Crippen molar-refractivity contribution >= 4 is 5.97 Å². The van der Waals surface area contributed by atoms with Crippen LogP contribution in [-0.4, -0.2) is 35.5 Å². The lowest BCUT2D eigenvalue weighted by Gasteiger charge is -2.31. The highest BCUT2D eigenvalue weighted by atomic mass is 16.5. The van der Waals surface area contributed by atoms with Crippen molar-refractivity contribution in [3.05, 3.63) is 0 Å². The molecule has 0 aromatic heterocycles. The summed E-state index contributed by atoms with van der Waals surface area (Å²) in [5.41, 5.74) is -1.72. The number of carbonyl (C=O) groups is 1. The fourth-order valence-electron chi connectivity index (χ4n) is 1.34. The summed E-state index contributed by atoms with van der Waals surface area (Å²) in [6.07, 6.45) is 0. The van der Waals surface area contributed by atoms with Gasteiger partial charge in [0.2, 0.25) is 0 Å². The van der Waals surface area contributed by atoms with Gasteiger partial charge >= 0.3 is 5.97 Å². The van der Waals surface area contributed by atoms with E-state index in [1.54, 1.807) is 0 Å². The Hall–Kier alpha value is -0.610. The third-order valence-corrected chi connectivity index (χ3v) is 2.31. The SMILES string of the molecule is COCC(C(C)C)C(C)(O)C(=O)O. The van der Waals surface area contributed by atoms with Crippen LogP contribution in [0.4, 0.5) is 0 Å². The van der Waals surface area contributed by atoms with E-state index in [4.69, 9.17) is 9.84 Å². The van der Waals surface area contributed by atoms with Crippen molar-refractivity contribution in [1.82, 2.24) is 0 Å². The first-order chi connectivity index (χ1) is 5.84. The van der Waals surface area contributed by atoms with E-state index in [-0.39, 0.29) is 12.5 Å². The van der Waals surface area contributed by atoms with Gasteiger partial charge in [-0.25, -0.2) is 4.79 Å². The first-order valence-corrected chi connectivity index (χ1v) is 4.28. The molecule has 0 amide bonds. The van der Waals surface area contributed by atoms with Crippen LogP contribution in [0.15, 0.2) is 0 Å². The Morgan fingerprint density at radius 2 is 2.00 bits per heavy atom. The van der Waals surface area contributed by atoms with E-state index in [1.165, 1.54) is 14.0 Å². The first-order valence-electron chi connectivity index (χ1n) is 4.28. The zero-order valence-electron chi connectivity index (χ0n) is 8.57. The molecule has 0 aliphatic heterocycles. The maximum absolute atomic E-state index is 10.7. The summed E-state index contributed by atoms with van der Waals surface area (Å²) >= 11 is 0. The van der Waals surface area contributed by atoms with Crippen LogP contribution in [0.2, 0.25) is 0 Å². The van der Waals surface area contributed by atoms with Gasteiger partial charge in [-0.05, 0) is 12.8 Å². The minimum absolute atomic E-state index is 0.0612. The van der Waals surface area contributed by atoms with Gasteiger partial charge in [-0.3, -0.25) is 0 Å². The highest BCUT2D eigenvalue weighted by molar-refractivity contribution is 5.77. The second kappa shape index (κ2) is 4.58. The summed E-state index contributed by atoms with van der Waals surface area (Å²) in [4.78, 5) is 10.7. The quantitative estimate of drug-likeness (QED) is 0.671. The van der Waals surface area contributed by atoms with Crippen molar-refractivity contribution < 1.29 is 19.7 Å². The molecule has 0 rings (SSSR count). The number of methoxy groups -OCH3 is 1. The van der Waals surface area contributed by atoms with Crippen molar-refractivity contribution in [3.8, 4) is 0 Å². The van der Waals surface area contributed by atoms with Crippen LogP contribution in [0.25, 0.3) is 0 Å². The van der Waals surface area contributed by atoms with Crippen LogP contribution in [0, 0.1) is 11.8 Å². The fourth-order valence-corrected chi connectivity index (χ4v) is 1.34. The zero-order valence-corrected chi connectivity index (χ0v) is 8.57. The lowest BCUT2D eigenvalue weighted by atomic mass is 9.81. The molecule has 0 heterocycles. The molecular formula is C9H18O4. The predicted molar refractivity (Wildman–Crippen MR) is 48.5 cm³/mol. The fraction of sp³-hybridized carbons (Fsp3) is 0.889. The molecule has 0 spiro atoms. The molecule has 2 unspecified atom stereocenters. The van der Waals surface area contributed by atoms with E-state index in [9.17, 15) is 9.90 Å². The van der Waals surface area contributed by atoms with Crippen LogP contribution >= 0.6 is 0 Å². The van der Waals surface area contributed by atoms with Gasteiger partial charge in [0, 0.05) is 13.0 Å². The summed E-state index contributed by atoms with van der Waals surface area (Å²) in [7, 11) is 1.49. The monoisotopic (exact) mass is 190 g/mol. The Bertz CT molecular complexity index is 174. The van der Waals surface area contributed by atoms with E-state index in [2.05, 4.69) is 0 Å². The molecule has 13 heavy (non-hydrogen) atoms.